The summed E-state index contributed by atoms with van der Waals surface area (Å²) in [6.07, 6.45) is 0. The maximum absolute atomic E-state index is 13.9. The van der Waals surface area contributed by atoms with Gasteiger partial charge in [-0.1, -0.05) is 0 Å². The van der Waals surface area contributed by atoms with Crippen LogP contribution in [0.4, 0.5) is 26.0 Å². The van der Waals surface area contributed by atoms with Gasteiger partial charge in [-0.3, -0.25) is 9.89 Å². The second-order valence-electron chi connectivity index (χ2n) is 11.6. The summed E-state index contributed by atoms with van der Waals surface area (Å²) in [5.74, 6) is -2.24. The zero-order chi connectivity index (χ0) is 31.1. The molecule has 0 radical (unpaired) electrons. The van der Waals surface area contributed by atoms with E-state index in [0.717, 1.165) is 48.3 Å². The van der Waals surface area contributed by atoms with Crippen molar-refractivity contribution < 1.29 is 26.7 Å². The van der Waals surface area contributed by atoms with E-state index in [2.05, 4.69) is 37.7 Å². The molecule has 232 valence electrons. The smallest absolute Gasteiger partial charge is 0.258 e. The number of carbonyl (C=O) groups is 1. The molecule has 1 atom stereocenters. The quantitative estimate of drug-likeness (QED) is 0.333. The fraction of sp³-hybridized carbons (Fsp3) is 0.448. The number of H-pyrrole nitrogens is 1. The molecule has 11 nitrogen and oxygen atoms in total. The molecule has 2 aromatic carbocycles. The Morgan fingerprint density at radius 2 is 1.79 bits per heavy atom. The molecule has 2 aliphatic heterocycles. The van der Waals surface area contributed by atoms with Crippen LogP contribution in [0.15, 0.2) is 41.3 Å². The topological polar surface area (TPSA) is 123 Å². The van der Waals surface area contributed by atoms with Gasteiger partial charge < -0.3 is 25.2 Å². The van der Waals surface area contributed by atoms with E-state index < -0.39 is 38.0 Å². The third kappa shape index (κ3) is 6.09. The molecule has 1 amide bonds. The minimum absolute atomic E-state index is 0.0823. The van der Waals surface area contributed by atoms with Crippen LogP contribution in [0.1, 0.15) is 42.4 Å². The second-order valence-corrected chi connectivity index (χ2v) is 13.4. The van der Waals surface area contributed by atoms with Gasteiger partial charge in [0.15, 0.2) is 5.82 Å². The number of aromatic amines is 1. The summed E-state index contributed by atoms with van der Waals surface area (Å²) in [5, 5.41) is 13.4. The molecule has 0 bridgehead atoms. The van der Waals surface area contributed by atoms with E-state index in [0.29, 0.717) is 35.2 Å². The van der Waals surface area contributed by atoms with Crippen LogP contribution in [0.25, 0.3) is 0 Å². The van der Waals surface area contributed by atoms with E-state index >= 15 is 0 Å². The number of hydrogen-bond acceptors (Lipinski definition) is 8. The fourth-order valence-corrected chi connectivity index (χ4v) is 7.40. The Balaban J connectivity index is 1.42. The van der Waals surface area contributed by atoms with Crippen molar-refractivity contribution in [2.45, 2.75) is 43.8 Å². The van der Waals surface area contributed by atoms with Crippen LogP contribution in [-0.4, -0.2) is 86.7 Å². The number of ether oxygens (including phenoxy) is 1. The van der Waals surface area contributed by atoms with E-state index in [1.807, 2.05) is 19.1 Å². The largest absolute Gasteiger partial charge is 0.383 e. The van der Waals surface area contributed by atoms with Gasteiger partial charge in [0.05, 0.1) is 28.3 Å². The van der Waals surface area contributed by atoms with Crippen molar-refractivity contribution in [1.29, 1.82) is 0 Å². The normalized spacial score (nSPS) is 18.0. The number of sulfonamides is 1. The van der Waals surface area contributed by atoms with Gasteiger partial charge in [-0.05, 0) is 58.2 Å². The first kappa shape index (κ1) is 30.9. The van der Waals surface area contributed by atoms with Gasteiger partial charge in [0.2, 0.25) is 10.0 Å². The maximum Gasteiger partial charge on any atom is 0.258 e. The monoisotopic (exact) mass is 617 g/mol. The van der Waals surface area contributed by atoms with Gasteiger partial charge in [0.25, 0.3) is 5.91 Å². The number of fused-ring (bicyclic) bond motifs is 1. The van der Waals surface area contributed by atoms with Gasteiger partial charge in [0.1, 0.15) is 11.6 Å². The number of hydrogen-bond donors (Lipinski definition) is 3. The highest BCUT2D eigenvalue weighted by atomic mass is 32.2. The number of piperazine rings is 1. The fourth-order valence-electron chi connectivity index (χ4n) is 5.63. The molecule has 5 rings (SSSR count). The Morgan fingerprint density at radius 1 is 1.12 bits per heavy atom. The molecule has 1 aromatic heterocycles. The van der Waals surface area contributed by atoms with E-state index in [1.54, 1.807) is 27.0 Å². The van der Waals surface area contributed by atoms with E-state index in [-0.39, 0.29) is 18.4 Å². The molecule has 0 unspecified atom stereocenters. The van der Waals surface area contributed by atoms with Crippen molar-refractivity contribution in [3.63, 3.8) is 0 Å². The zero-order valence-electron chi connectivity index (χ0n) is 24.9. The summed E-state index contributed by atoms with van der Waals surface area (Å²) in [5.41, 5.74) is 1.81. The van der Waals surface area contributed by atoms with Crippen molar-refractivity contribution in [2.75, 3.05) is 62.5 Å². The van der Waals surface area contributed by atoms with Crippen molar-refractivity contribution in [3.8, 4) is 0 Å². The zero-order valence-corrected chi connectivity index (χ0v) is 25.7. The Morgan fingerprint density at radius 3 is 2.44 bits per heavy atom. The number of likely N-dealkylation sites (N-methyl/N-ethyl adjacent to an activating group) is 1. The van der Waals surface area contributed by atoms with Gasteiger partial charge in [-0.15, -0.1) is 0 Å². The number of anilines is 3. The molecule has 1 fully saturated rings. The Labute approximate surface area is 250 Å². The highest BCUT2D eigenvalue weighted by molar-refractivity contribution is 7.89. The van der Waals surface area contributed by atoms with Crippen LogP contribution >= 0.6 is 0 Å². The average molecular weight is 618 g/mol. The van der Waals surface area contributed by atoms with E-state index in [9.17, 15) is 22.0 Å². The third-order valence-electron chi connectivity index (χ3n) is 7.99. The number of benzene rings is 2. The SMILES string of the molecule is COC[C@@H](C)Nc1cc(N2CCN(C)CC2)ccc1C(=O)Nc1n[nH]c2c1CN(S(=O)(=O)c1cc(F)cc(F)c1)C2(C)C. The highest BCUT2D eigenvalue weighted by Crippen LogP contribution is 2.44. The first-order chi connectivity index (χ1) is 20.3. The summed E-state index contributed by atoms with van der Waals surface area (Å²) in [6.45, 7) is 9.15. The summed E-state index contributed by atoms with van der Waals surface area (Å²) >= 11 is 0. The molecular formula is C29H37F2N7O4S. The summed E-state index contributed by atoms with van der Waals surface area (Å²) < 4.78 is 61.2. The lowest BCUT2D eigenvalue weighted by atomic mass is 10.0. The lowest BCUT2D eigenvalue weighted by molar-refractivity contribution is 0.102. The number of aromatic nitrogens is 2. The molecule has 43 heavy (non-hydrogen) atoms. The van der Waals surface area contributed by atoms with Crippen molar-refractivity contribution in [1.82, 2.24) is 19.4 Å². The van der Waals surface area contributed by atoms with Crippen molar-refractivity contribution in [2.24, 2.45) is 0 Å². The lowest BCUT2D eigenvalue weighted by Crippen LogP contribution is -2.44. The number of nitrogens with one attached hydrogen (secondary N) is 3. The summed E-state index contributed by atoms with van der Waals surface area (Å²) in [6, 6.07) is 7.73. The molecule has 0 spiro atoms. The van der Waals surface area contributed by atoms with Gasteiger partial charge in [-0.2, -0.15) is 9.40 Å². The standard InChI is InChI=1S/C29H37F2N7O4S/c1-18(17-42-5)32-25-15-21(37-10-8-36(4)9-11-37)6-7-23(25)28(39)33-27-24-16-38(29(2,3)26(24)34-35-27)43(40,41)22-13-19(30)12-20(31)14-22/h6-7,12-15,18,32H,8-11,16-17H2,1-5H3,(H2,33,34,35,39)/t18-/m1/s1. The molecule has 0 saturated carbocycles. The number of rotatable bonds is 9. The second kappa shape index (κ2) is 11.8. The van der Waals surface area contributed by atoms with E-state index in [4.69, 9.17) is 4.74 Å². The van der Waals surface area contributed by atoms with Gasteiger partial charge in [0, 0.05) is 68.9 Å². The Kier molecular flexibility index (Phi) is 8.49. The molecule has 3 N–H and O–H groups in total. The minimum Gasteiger partial charge on any atom is -0.383 e. The van der Waals surface area contributed by atoms with Gasteiger partial charge in [-0.25, -0.2) is 17.2 Å². The third-order valence-corrected chi connectivity index (χ3v) is 9.99. The van der Waals surface area contributed by atoms with Crippen molar-refractivity contribution >= 4 is 33.1 Å². The molecule has 2 aliphatic rings. The molecule has 3 aromatic rings. The number of methoxy groups -OCH3 is 1. The first-order valence-electron chi connectivity index (χ1n) is 14.0. The van der Waals surface area contributed by atoms with Crippen LogP contribution < -0.4 is 15.5 Å². The molecule has 3 heterocycles. The van der Waals surface area contributed by atoms with Crippen LogP contribution in [0.2, 0.25) is 0 Å². The van der Waals surface area contributed by atoms with E-state index in [1.165, 1.54) is 0 Å². The Bertz CT molecular complexity index is 1600. The Hall–Kier alpha value is -3.59. The number of amides is 1. The van der Waals surface area contributed by atoms with Crippen LogP contribution in [0.5, 0.6) is 0 Å². The minimum atomic E-state index is -4.31. The number of nitrogens with zero attached hydrogens (tertiary/aromatic N) is 4. The summed E-state index contributed by atoms with van der Waals surface area (Å²) in [7, 11) is -0.606. The molecule has 0 aliphatic carbocycles. The number of halogens is 2. The molecule has 14 heteroatoms. The summed E-state index contributed by atoms with van der Waals surface area (Å²) in [4.78, 5) is 17.7. The van der Waals surface area contributed by atoms with Crippen molar-refractivity contribution in [3.05, 3.63) is 64.9 Å². The predicted octanol–water partition coefficient (Wildman–Crippen LogP) is 3.58. The average Bonchev–Trinajstić information content (AvgIpc) is 3.46. The van der Waals surface area contributed by atoms with Crippen LogP contribution in [0.3, 0.4) is 0 Å². The lowest BCUT2D eigenvalue weighted by Gasteiger charge is -2.34. The highest BCUT2D eigenvalue weighted by Gasteiger charge is 2.48. The van der Waals surface area contributed by atoms with Crippen LogP contribution in [0, 0.1) is 11.6 Å². The number of carbonyl (C=O) groups excluding carboxylic acids is 1. The molecule has 1 saturated heterocycles. The molecular weight excluding hydrogens is 580 g/mol. The maximum atomic E-state index is 13.9. The van der Waals surface area contributed by atoms with Gasteiger partial charge >= 0.3 is 0 Å². The predicted molar refractivity (Wildman–Crippen MR) is 160 cm³/mol. The van der Waals surface area contributed by atoms with Crippen LogP contribution in [-0.2, 0) is 26.8 Å². The first-order valence-corrected chi connectivity index (χ1v) is 15.5.